The first-order valence-corrected chi connectivity index (χ1v) is 13.3. The van der Waals surface area contributed by atoms with Gasteiger partial charge in [-0.15, -0.1) is 11.3 Å². The number of carbonyl (C=O) groups is 2. The van der Waals surface area contributed by atoms with Crippen molar-refractivity contribution in [2.24, 2.45) is 0 Å². The van der Waals surface area contributed by atoms with Gasteiger partial charge in [0.1, 0.15) is 24.7 Å². The summed E-state index contributed by atoms with van der Waals surface area (Å²) in [7, 11) is 0. The van der Waals surface area contributed by atoms with Crippen LogP contribution in [0.4, 0.5) is 4.39 Å². The van der Waals surface area contributed by atoms with Crippen LogP contribution in [0.15, 0.2) is 53.9 Å². The van der Waals surface area contributed by atoms with Crippen molar-refractivity contribution in [1.29, 1.82) is 0 Å². The van der Waals surface area contributed by atoms with E-state index in [4.69, 9.17) is 14.2 Å². The third-order valence-electron chi connectivity index (χ3n) is 6.93. The molecule has 3 heterocycles. The van der Waals surface area contributed by atoms with Gasteiger partial charge in [-0.1, -0.05) is 13.0 Å². The number of benzene rings is 2. The summed E-state index contributed by atoms with van der Waals surface area (Å²) in [6.45, 7) is 4.71. The second-order valence-electron chi connectivity index (χ2n) is 9.18. The second-order valence-corrected chi connectivity index (χ2v) is 10.2. The molecule has 0 saturated carbocycles. The van der Waals surface area contributed by atoms with E-state index in [0.29, 0.717) is 35.8 Å². The molecule has 0 saturated heterocycles. The van der Waals surface area contributed by atoms with Gasteiger partial charge in [0.2, 0.25) is 12.7 Å². The molecule has 0 aliphatic carbocycles. The lowest BCUT2D eigenvalue weighted by Crippen LogP contribution is -2.49. The van der Waals surface area contributed by atoms with E-state index in [-0.39, 0.29) is 49.7 Å². The summed E-state index contributed by atoms with van der Waals surface area (Å²) >= 11 is 1.66. The molecular weight excluding hydrogens is 495 g/mol. The summed E-state index contributed by atoms with van der Waals surface area (Å²) in [5, 5.41) is 2.02. The van der Waals surface area contributed by atoms with Gasteiger partial charge in [-0.25, -0.2) is 4.39 Å². The Balaban J connectivity index is 1.36. The molecule has 2 aliphatic rings. The predicted octanol–water partition coefficient (Wildman–Crippen LogP) is 5.06. The van der Waals surface area contributed by atoms with Gasteiger partial charge in [-0.3, -0.25) is 9.59 Å². The molecule has 37 heavy (non-hydrogen) atoms. The quantitative estimate of drug-likeness (QED) is 0.412. The highest BCUT2D eigenvalue weighted by molar-refractivity contribution is 7.10. The average Bonchev–Trinajstić information content (AvgIpc) is 3.58. The Morgan fingerprint density at radius 1 is 1.19 bits per heavy atom. The van der Waals surface area contributed by atoms with Gasteiger partial charge in [-0.2, -0.15) is 0 Å². The minimum atomic E-state index is -0.378. The summed E-state index contributed by atoms with van der Waals surface area (Å²) < 4.78 is 30.4. The SMILES string of the molecule is CC[C@@H](C)N(CC(=O)N1CCc2sccc2[C@H]1COc1cccc(F)c1)C(=O)c1ccc2c(c1)OCO2. The van der Waals surface area contributed by atoms with Crippen LogP contribution in [0.2, 0.25) is 0 Å². The number of nitrogens with zero attached hydrogens (tertiary/aromatic N) is 2. The maximum atomic E-state index is 13.7. The largest absolute Gasteiger partial charge is 0.491 e. The summed E-state index contributed by atoms with van der Waals surface area (Å²) in [5.74, 6) is 0.770. The third kappa shape index (κ3) is 5.27. The molecule has 7 nitrogen and oxygen atoms in total. The maximum absolute atomic E-state index is 13.7. The van der Waals surface area contributed by atoms with Gasteiger partial charge in [0.05, 0.1) is 6.04 Å². The smallest absolute Gasteiger partial charge is 0.254 e. The number of halogens is 1. The molecular formula is C28H29FN2O5S. The Hall–Kier alpha value is -3.59. The van der Waals surface area contributed by atoms with Crippen molar-refractivity contribution < 1.29 is 28.2 Å². The van der Waals surface area contributed by atoms with Crippen molar-refractivity contribution in [2.45, 2.75) is 38.8 Å². The topological polar surface area (TPSA) is 68.3 Å². The summed E-state index contributed by atoms with van der Waals surface area (Å²) in [4.78, 5) is 31.9. The molecule has 2 aliphatic heterocycles. The Labute approximate surface area is 219 Å². The first-order valence-electron chi connectivity index (χ1n) is 12.4. The van der Waals surface area contributed by atoms with Crippen molar-refractivity contribution >= 4 is 23.2 Å². The average molecular weight is 525 g/mol. The lowest BCUT2D eigenvalue weighted by atomic mass is 10.00. The van der Waals surface area contributed by atoms with Crippen LogP contribution in [0.25, 0.3) is 0 Å². The number of ether oxygens (including phenoxy) is 3. The fourth-order valence-electron chi connectivity index (χ4n) is 4.69. The lowest BCUT2D eigenvalue weighted by Gasteiger charge is -2.38. The Kier molecular flexibility index (Phi) is 7.32. The van der Waals surface area contributed by atoms with Gasteiger partial charge in [0.25, 0.3) is 5.91 Å². The van der Waals surface area contributed by atoms with Crippen LogP contribution >= 0.6 is 11.3 Å². The van der Waals surface area contributed by atoms with Crippen LogP contribution < -0.4 is 14.2 Å². The van der Waals surface area contributed by atoms with Gasteiger partial charge < -0.3 is 24.0 Å². The molecule has 194 valence electrons. The number of carbonyl (C=O) groups excluding carboxylic acids is 2. The fourth-order valence-corrected chi connectivity index (χ4v) is 5.61. The van der Waals surface area contributed by atoms with Crippen molar-refractivity contribution in [3.05, 3.63) is 75.7 Å². The fraction of sp³-hybridized carbons (Fsp3) is 0.357. The van der Waals surface area contributed by atoms with E-state index in [0.717, 1.165) is 12.0 Å². The summed E-state index contributed by atoms with van der Waals surface area (Å²) in [6, 6.07) is 12.6. The van der Waals surface area contributed by atoms with E-state index in [1.165, 1.54) is 17.0 Å². The van der Waals surface area contributed by atoms with Crippen LogP contribution in [0.1, 0.15) is 47.1 Å². The molecule has 2 aromatic carbocycles. The summed E-state index contributed by atoms with van der Waals surface area (Å²) in [6.07, 6.45) is 1.44. The van der Waals surface area contributed by atoms with E-state index < -0.39 is 0 Å². The minimum absolute atomic E-state index is 0.0573. The first kappa shape index (κ1) is 25.1. The summed E-state index contributed by atoms with van der Waals surface area (Å²) in [5.41, 5.74) is 1.49. The van der Waals surface area contributed by atoms with Crippen molar-refractivity contribution in [3.8, 4) is 17.2 Å². The maximum Gasteiger partial charge on any atom is 0.254 e. The predicted molar refractivity (Wildman–Crippen MR) is 138 cm³/mol. The van der Waals surface area contributed by atoms with Crippen molar-refractivity contribution in [3.63, 3.8) is 0 Å². The van der Waals surface area contributed by atoms with Gasteiger partial charge >= 0.3 is 0 Å². The Bertz CT molecular complexity index is 1300. The number of rotatable bonds is 8. The zero-order chi connectivity index (χ0) is 25.9. The molecule has 1 aromatic heterocycles. The highest BCUT2D eigenvalue weighted by Gasteiger charge is 2.34. The highest BCUT2D eigenvalue weighted by atomic mass is 32.1. The van der Waals surface area contributed by atoms with E-state index in [9.17, 15) is 14.0 Å². The number of hydrogen-bond donors (Lipinski definition) is 0. The van der Waals surface area contributed by atoms with E-state index in [1.807, 2.05) is 25.3 Å². The van der Waals surface area contributed by atoms with E-state index >= 15 is 0 Å². The van der Waals surface area contributed by atoms with Crippen molar-refractivity contribution in [2.75, 3.05) is 26.5 Å². The molecule has 3 aromatic rings. The van der Waals surface area contributed by atoms with Crippen LogP contribution in [0.5, 0.6) is 17.2 Å². The number of hydrogen-bond acceptors (Lipinski definition) is 6. The number of fused-ring (bicyclic) bond motifs is 2. The molecule has 0 fully saturated rings. The van der Waals surface area contributed by atoms with Crippen LogP contribution in [0.3, 0.4) is 0 Å². The van der Waals surface area contributed by atoms with Crippen molar-refractivity contribution in [1.82, 2.24) is 9.80 Å². The molecule has 2 atom stereocenters. The highest BCUT2D eigenvalue weighted by Crippen LogP contribution is 2.35. The minimum Gasteiger partial charge on any atom is -0.491 e. The van der Waals surface area contributed by atoms with E-state index in [1.54, 1.807) is 51.5 Å². The number of amides is 2. The van der Waals surface area contributed by atoms with Crippen LogP contribution in [-0.4, -0.2) is 54.1 Å². The van der Waals surface area contributed by atoms with Crippen LogP contribution in [0, 0.1) is 5.82 Å². The zero-order valence-corrected chi connectivity index (χ0v) is 21.6. The third-order valence-corrected chi connectivity index (χ3v) is 7.92. The molecule has 0 radical (unpaired) electrons. The molecule has 0 N–H and O–H groups in total. The Morgan fingerprint density at radius 3 is 2.84 bits per heavy atom. The molecule has 0 unspecified atom stereocenters. The van der Waals surface area contributed by atoms with Gasteiger partial charge in [0, 0.05) is 29.1 Å². The molecule has 9 heteroatoms. The van der Waals surface area contributed by atoms with Gasteiger partial charge in [-0.05, 0) is 67.1 Å². The molecule has 2 amide bonds. The lowest BCUT2D eigenvalue weighted by molar-refractivity contribution is -0.136. The monoisotopic (exact) mass is 524 g/mol. The molecule has 0 bridgehead atoms. The first-order chi connectivity index (χ1) is 17.9. The van der Waals surface area contributed by atoms with Crippen LogP contribution in [-0.2, 0) is 11.2 Å². The van der Waals surface area contributed by atoms with Gasteiger partial charge in [0.15, 0.2) is 11.5 Å². The van der Waals surface area contributed by atoms with E-state index in [2.05, 4.69) is 0 Å². The molecule has 0 spiro atoms. The standard InChI is InChI=1S/C28H29FN2O5S/c1-3-18(2)31(28(33)19-7-8-24-25(13-19)36-17-35-24)15-27(32)30-11-9-26-22(10-12-37-26)23(30)16-34-21-6-4-5-20(29)14-21/h4-8,10,12-14,18,23H,3,9,11,15-17H2,1-2H3/t18-,23-/m1/s1. The number of thiophene rings is 1. The molecule has 5 rings (SSSR count). The zero-order valence-electron chi connectivity index (χ0n) is 20.8. The Morgan fingerprint density at radius 2 is 2.03 bits per heavy atom. The normalized spacial score (nSPS) is 16.7. The second kappa shape index (κ2) is 10.8.